The van der Waals surface area contributed by atoms with Gasteiger partial charge in [-0.15, -0.1) is 0 Å². The van der Waals surface area contributed by atoms with Gasteiger partial charge in [0.15, 0.2) is 5.75 Å². The van der Waals surface area contributed by atoms with E-state index in [-0.39, 0.29) is 23.7 Å². The predicted octanol–water partition coefficient (Wildman–Crippen LogP) is 1.05. The molecule has 0 saturated heterocycles. The van der Waals surface area contributed by atoms with Gasteiger partial charge < -0.3 is 21.3 Å². The number of carbonyl (C=O) groups excluding carboxylic acids is 1. The zero-order valence-electron chi connectivity index (χ0n) is 10.0. The zero-order valence-corrected chi connectivity index (χ0v) is 10.0. The number of aliphatic hydroxyl groups is 1. The average Bonchev–Trinajstić information content (AvgIpc) is 2.41. The lowest BCUT2D eigenvalue weighted by Crippen LogP contribution is -2.13. The molecule has 1 aromatic carbocycles. The summed E-state index contributed by atoms with van der Waals surface area (Å²) in [5.41, 5.74) is 11.7. The quantitative estimate of drug-likeness (QED) is 0.759. The first-order chi connectivity index (χ1) is 9.10. The monoisotopic (exact) mass is 259 g/mol. The standard InChI is InChI=1S/C13H13N3O3/c14-12-5-10(13(15)18)11(6-16-12)19-9-3-1-8(7-17)2-4-9/h1-6,17H,7H2,(H2,14,16)(H2,15,18). The highest BCUT2D eigenvalue weighted by molar-refractivity contribution is 5.96. The van der Waals surface area contributed by atoms with Gasteiger partial charge in [-0.05, 0) is 23.8 Å². The van der Waals surface area contributed by atoms with Crippen LogP contribution in [-0.4, -0.2) is 16.0 Å². The Morgan fingerprint density at radius 3 is 2.58 bits per heavy atom. The molecule has 0 bridgehead atoms. The third kappa shape index (κ3) is 2.99. The van der Waals surface area contributed by atoms with E-state index in [1.165, 1.54) is 12.3 Å². The number of amides is 1. The van der Waals surface area contributed by atoms with Gasteiger partial charge in [0.2, 0.25) is 0 Å². The lowest BCUT2D eigenvalue weighted by molar-refractivity contribution is 0.0998. The number of nitrogens with zero attached hydrogens (tertiary/aromatic N) is 1. The second-order valence-corrected chi connectivity index (χ2v) is 3.87. The highest BCUT2D eigenvalue weighted by Gasteiger charge is 2.11. The van der Waals surface area contributed by atoms with Crippen molar-refractivity contribution in [1.82, 2.24) is 4.98 Å². The SMILES string of the molecule is NC(=O)c1cc(N)ncc1Oc1ccc(CO)cc1. The van der Waals surface area contributed by atoms with Crippen LogP contribution < -0.4 is 16.2 Å². The maximum Gasteiger partial charge on any atom is 0.252 e. The van der Waals surface area contributed by atoms with Gasteiger partial charge in [-0.25, -0.2) is 4.98 Å². The van der Waals surface area contributed by atoms with Gasteiger partial charge in [-0.2, -0.15) is 0 Å². The van der Waals surface area contributed by atoms with Crippen molar-refractivity contribution < 1.29 is 14.6 Å². The molecule has 0 radical (unpaired) electrons. The Morgan fingerprint density at radius 1 is 1.32 bits per heavy atom. The van der Waals surface area contributed by atoms with Crippen molar-refractivity contribution in [3.05, 3.63) is 47.7 Å². The summed E-state index contributed by atoms with van der Waals surface area (Å²) in [4.78, 5) is 15.1. The molecule has 2 rings (SSSR count). The molecule has 1 heterocycles. The molecular weight excluding hydrogens is 246 g/mol. The molecular formula is C13H13N3O3. The van der Waals surface area contributed by atoms with Gasteiger partial charge in [0.25, 0.3) is 5.91 Å². The summed E-state index contributed by atoms with van der Waals surface area (Å²) < 4.78 is 5.52. The molecule has 0 aliphatic heterocycles. The molecule has 2 aromatic rings. The molecule has 1 aromatic heterocycles. The van der Waals surface area contributed by atoms with Crippen LogP contribution in [0.5, 0.6) is 11.5 Å². The molecule has 6 nitrogen and oxygen atoms in total. The Balaban J connectivity index is 2.29. The van der Waals surface area contributed by atoms with Crippen molar-refractivity contribution in [2.45, 2.75) is 6.61 Å². The van der Waals surface area contributed by atoms with Crippen LogP contribution in [0.4, 0.5) is 5.82 Å². The van der Waals surface area contributed by atoms with Gasteiger partial charge in [0.1, 0.15) is 11.6 Å². The van der Waals surface area contributed by atoms with E-state index in [4.69, 9.17) is 21.3 Å². The Labute approximate surface area is 109 Å². The fourth-order valence-corrected chi connectivity index (χ4v) is 1.52. The summed E-state index contributed by atoms with van der Waals surface area (Å²) in [5, 5.41) is 8.94. The molecule has 6 heteroatoms. The number of hydrogen-bond acceptors (Lipinski definition) is 5. The number of ether oxygens (including phenoxy) is 1. The number of aliphatic hydroxyl groups excluding tert-OH is 1. The van der Waals surface area contributed by atoms with Gasteiger partial charge >= 0.3 is 0 Å². The molecule has 0 saturated carbocycles. The molecule has 0 unspecified atom stereocenters. The topological polar surface area (TPSA) is 111 Å². The average molecular weight is 259 g/mol. The Morgan fingerprint density at radius 2 is 2.00 bits per heavy atom. The molecule has 0 fully saturated rings. The molecule has 19 heavy (non-hydrogen) atoms. The van der Waals surface area contributed by atoms with Crippen LogP contribution >= 0.6 is 0 Å². The third-order valence-corrected chi connectivity index (χ3v) is 2.49. The van der Waals surface area contributed by atoms with Crippen molar-refractivity contribution in [2.24, 2.45) is 5.73 Å². The second kappa shape index (κ2) is 5.36. The van der Waals surface area contributed by atoms with Crippen LogP contribution in [0.3, 0.4) is 0 Å². The molecule has 1 amide bonds. The van der Waals surface area contributed by atoms with E-state index in [1.807, 2.05) is 0 Å². The van der Waals surface area contributed by atoms with Crippen LogP contribution in [0.1, 0.15) is 15.9 Å². The fourth-order valence-electron chi connectivity index (χ4n) is 1.52. The van der Waals surface area contributed by atoms with Gasteiger partial charge in [0.05, 0.1) is 18.4 Å². The maximum atomic E-state index is 11.3. The maximum absolute atomic E-state index is 11.3. The largest absolute Gasteiger partial charge is 0.455 e. The number of rotatable bonds is 4. The number of primary amides is 1. The van der Waals surface area contributed by atoms with Crippen molar-refractivity contribution in [2.75, 3.05) is 5.73 Å². The minimum Gasteiger partial charge on any atom is -0.455 e. The number of benzene rings is 1. The number of nitrogens with two attached hydrogens (primary N) is 2. The van der Waals surface area contributed by atoms with Crippen molar-refractivity contribution in [3.63, 3.8) is 0 Å². The van der Waals surface area contributed by atoms with Crippen LogP contribution in [0.25, 0.3) is 0 Å². The van der Waals surface area contributed by atoms with E-state index in [9.17, 15) is 4.79 Å². The van der Waals surface area contributed by atoms with E-state index >= 15 is 0 Å². The predicted molar refractivity (Wildman–Crippen MR) is 69.6 cm³/mol. The van der Waals surface area contributed by atoms with Crippen LogP contribution in [0, 0.1) is 0 Å². The summed E-state index contributed by atoms with van der Waals surface area (Å²) in [6.45, 7) is -0.0454. The first-order valence-corrected chi connectivity index (χ1v) is 5.53. The van der Waals surface area contributed by atoms with Gasteiger partial charge in [-0.3, -0.25) is 4.79 Å². The van der Waals surface area contributed by atoms with Gasteiger partial charge in [-0.1, -0.05) is 12.1 Å². The molecule has 0 spiro atoms. The van der Waals surface area contributed by atoms with Crippen LogP contribution in [0.15, 0.2) is 36.5 Å². The van der Waals surface area contributed by atoms with E-state index < -0.39 is 5.91 Å². The summed E-state index contributed by atoms with van der Waals surface area (Å²) in [5.74, 6) is 0.289. The lowest BCUT2D eigenvalue weighted by Gasteiger charge is -2.09. The number of nitrogen functional groups attached to an aromatic ring is 1. The Hall–Kier alpha value is -2.60. The van der Waals surface area contributed by atoms with E-state index in [1.54, 1.807) is 24.3 Å². The zero-order chi connectivity index (χ0) is 13.8. The smallest absolute Gasteiger partial charge is 0.252 e. The summed E-state index contributed by atoms with van der Waals surface area (Å²) in [6, 6.07) is 8.13. The van der Waals surface area contributed by atoms with Crippen molar-refractivity contribution >= 4 is 11.7 Å². The Bertz CT molecular complexity index is 597. The number of carbonyl (C=O) groups is 1. The minimum atomic E-state index is -0.643. The molecule has 0 atom stereocenters. The minimum absolute atomic E-state index is 0.0454. The normalized spacial score (nSPS) is 10.2. The molecule has 0 aliphatic rings. The molecule has 5 N–H and O–H groups in total. The third-order valence-electron chi connectivity index (χ3n) is 2.49. The van der Waals surface area contributed by atoms with Gasteiger partial charge in [0, 0.05) is 0 Å². The molecule has 98 valence electrons. The summed E-state index contributed by atoms with van der Waals surface area (Å²) in [7, 11) is 0. The van der Waals surface area contributed by atoms with E-state index in [0.717, 1.165) is 5.56 Å². The van der Waals surface area contributed by atoms with E-state index in [0.29, 0.717) is 5.75 Å². The summed E-state index contributed by atoms with van der Waals surface area (Å²) >= 11 is 0. The van der Waals surface area contributed by atoms with E-state index in [2.05, 4.69) is 4.98 Å². The number of aromatic nitrogens is 1. The molecule has 0 aliphatic carbocycles. The number of hydrogen-bond donors (Lipinski definition) is 3. The fraction of sp³-hybridized carbons (Fsp3) is 0.0769. The first-order valence-electron chi connectivity index (χ1n) is 5.53. The first kappa shape index (κ1) is 12.8. The number of pyridine rings is 1. The van der Waals surface area contributed by atoms with Crippen LogP contribution in [0.2, 0.25) is 0 Å². The highest BCUT2D eigenvalue weighted by atomic mass is 16.5. The number of anilines is 1. The summed E-state index contributed by atoms with van der Waals surface area (Å²) in [6.07, 6.45) is 1.34. The van der Waals surface area contributed by atoms with Crippen LogP contribution in [-0.2, 0) is 6.61 Å². The second-order valence-electron chi connectivity index (χ2n) is 3.87. The lowest BCUT2D eigenvalue weighted by atomic mass is 10.2. The van der Waals surface area contributed by atoms with Crippen molar-refractivity contribution in [1.29, 1.82) is 0 Å². The Kier molecular flexibility index (Phi) is 3.63. The highest BCUT2D eigenvalue weighted by Crippen LogP contribution is 2.25. The van der Waals surface area contributed by atoms with Crippen molar-refractivity contribution in [3.8, 4) is 11.5 Å².